The molecule has 0 bridgehead atoms. The third kappa shape index (κ3) is 6.25. The van der Waals surface area contributed by atoms with Crippen LogP contribution in [0.25, 0.3) is 0 Å². The number of ether oxygens (including phenoxy) is 1. The molecule has 0 radical (unpaired) electrons. The number of hydrogen-bond donors (Lipinski definition) is 1. The van der Waals surface area contributed by atoms with Gasteiger partial charge in [0.1, 0.15) is 12.4 Å². The van der Waals surface area contributed by atoms with E-state index in [2.05, 4.69) is 5.32 Å². The van der Waals surface area contributed by atoms with Crippen LogP contribution >= 0.6 is 0 Å². The first-order valence-electron chi connectivity index (χ1n) is 6.66. The molecule has 0 aromatic heterocycles. The van der Waals surface area contributed by atoms with Gasteiger partial charge in [-0.1, -0.05) is 26.0 Å². The molecule has 1 aromatic carbocycles. The lowest BCUT2D eigenvalue weighted by atomic mass is 10.2. The smallest absolute Gasteiger partial charge is 0.236 e. The van der Waals surface area contributed by atoms with E-state index in [-0.39, 0.29) is 5.91 Å². The highest BCUT2D eigenvalue weighted by Gasteiger charge is 2.08. The van der Waals surface area contributed by atoms with Gasteiger partial charge in [0.25, 0.3) is 0 Å². The summed E-state index contributed by atoms with van der Waals surface area (Å²) in [4.78, 5) is 13.4. The molecule has 1 rings (SSSR count). The molecule has 1 aromatic rings. The Morgan fingerprint density at radius 2 is 2.16 bits per heavy atom. The van der Waals surface area contributed by atoms with Crippen molar-refractivity contribution in [1.29, 1.82) is 0 Å². The van der Waals surface area contributed by atoms with Crippen LogP contribution in [-0.2, 0) is 4.79 Å². The normalized spacial score (nSPS) is 10.6. The van der Waals surface area contributed by atoms with Gasteiger partial charge in [-0.15, -0.1) is 0 Å². The summed E-state index contributed by atoms with van der Waals surface area (Å²) in [5.74, 6) is 0.933. The molecule has 0 fully saturated rings. The fraction of sp³-hybridized carbons (Fsp3) is 0.533. The van der Waals surface area contributed by atoms with Crippen LogP contribution in [0.15, 0.2) is 24.3 Å². The Labute approximate surface area is 115 Å². The van der Waals surface area contributed by atoms with Gasteiger partial charge in [-0.05, 0) is 24.6 Å². The van der Waals surface area contributed by atoms with Gasteiger partial charge in [-0.3, -0.25) is 4.79 Å². The van der Waals surface area contributed by atoms with E-state index in [9.17, 15) is 4.79 Å². The molecule has 0 atom stereocenters. The Morgan fingerprint density at radius 1 is 1.42 bits per heavy atom. The molecule has 0 heterocycles. The Bertz CT molecular complexity index is 405. The highest BCUT2D eigenvalue weighted by molar-refractivity contribution is 5.77. The number of carbonyl (C=O) groups is 1. The first kappa shape index (κ1) is 15.5. The number of carbonyl (C=O) groups excluding carboxylic acids is 1. The lowest BCUT2D eigenvalue weighted by molar-refractivity contribution is -0.129. The summed E-state index contributed by atoms with van der Waals surface area (Å²) in [7, 11) is 1.80. The molecule has 4 nitrogen and oxygen atoms in total. The molecule has 19 heavy (non-hydrogen) atoms. The second kappa shape index (κ2) is 7.79. The molecule has 0 aliphatic carbocycles. The van der Waals surface area contributed by atoms with Crippen molar-refractivity contribution in [1.82, 2.24) is 10.2 Å². The largest absolute Gasteiger partial charge is 0.492 e. The van der Waals surface area contributed by atoms with E-state index in [0.29, 0.717) is 25.7 Å². The Kier molecular flexibility index (Phi) is 6.36. The average molecular weight is 264 g/mol. The SMILES string of the molecule is Cc1cccc(OCCN(C)C(=O)CNC(C)C)c1. The topological polar surface area (TPSA) is 41.6 Å². The van der Waals surface area contributed by atoms with Crippen molar-refractivity contribution in [2.75, 3.05) is 26.7 Å². The summed E-state index contributed by atoms with van der Waals surface area (Å²) >= 11 is 0. The van der Waals surface area contributed by atoms with Crippen molar-refractivity contribution in [2.45, 2.75) is 26.8 Å². The highest BCUT2D eigenvalue weighted by atomic mass is 16.5. The molecule has 0 saturated heterocycles. The standard InChI is InChI=1S/C15H24N2O2/c1-12(2)16-11-15(18)17(4)8-9-19-14-7-5-6-13(3)10-14/h5-7,10,12,16H,8-9,11H2,1-4H3. The maximum Gasteiger partial charge on any atom is 0.236 e. The monoisotopic (exact) mass is 264 g/mol. The van der Waals surface area contributed by atoms with Crippen molar-refractivity contribution in [2.24, 2.45) is 0 Å². The minimum absolute atomic E-state index is 0.0848. The third-order valence-electron chi connectivity index (χ3n) is 2.77. The van der Waals surface area contributed by atoms with E-state index in [1.54, 1.807) is 11.9 Å². The predicted octanol–water partition coefficient (Wildman–Crippen LogP) is 1.83. The fourth-order valence-corrected chi connectivity index (χ4v) is 1.56. The summed E-state index contributed by atoms with van der Waals surface area (Å²) in [5, 5.41) is 3.11. The zero-order chi connectivity index (χ0) is 14.3. The van der Waals surface area contributed by atoms with Gasteiger partial charge < -0.3 is 15.0 Å². The molecule has 0 aliphatic heterocycles. The Morgan fingerprint density at radius 3 is 2.79 bits per heavy atom. The minimum Gasteiger partial charge on any atom is -0.492 e. The van der Waals surface area contributed by atoms with E-state index < -0.39 is 0 Å². The number of nitrogens with one attached hydrogen (secondary N) is 1. The van der Waals surface area contributed by atoms with Crippen LogP contribution in [0.3, 0.4) is 0 Å². The Balaban J connectivity index is 2.26. The molecule has 106 valence electrons. The number of nitrogens with zero attached hydrogens (tertiary/aromatic N) is 1. The van der Waals surface area contributed by atoms with Crippen molar-refractivity contribution in [3.05, 3.63) is 29.8 Å². The first-order valence-corrected chi connectivity index (χ1v) is 6.66. The third-order valence-corrected chi connectivity index (χ3v) is 2.77. The molecule has 0 aliphatic rings. The van der Waals surface area contributed by atoms with Crippen molar-refractivity contribution < 1.29 is 9.53 Å². The highest BCUT2D eigenvalue weighted by Crippen LogP contribution is 2.11. The quantitative estimate of drug-likeness (QED) is 0.817. The van der Waals surface area contributed by atoms with Crippen LogP contribution < -0.4 is 10.1 Å². The van der Waals surface area contributed by atoms with Gasteiger partial charge >= 0.3 is 0 Å². The summed E-state index contributed by atoms with van der Waals surface area (Å²) in [6, 6.07) is 8.23. The number of benzene rings is 1. The number of likely N-dealkylation sites (N-methyl/N-ethyl adjacent to an activating group) is 1. The van der Waals surface area contributed by atoms with Gasteiger partial charge in [-0.2, -0.15) is 0 Å². The molecule has 1 amide bonds. The maximum absolute atomic E-state index is 11.8. The minimum atomic E-state index is 0.0848. The summed E-state index contributed by atoms with van der Waals surface area (Å²) < 4.78 is 5.62. The number of aryl methyl sites for hydroxylation is 1. The first-order chi connectivity index (χ1) is 8.99. The van der Waals surface area contributed by atoms with Crippen LogP contribution in [0, 0.1) is 6.92 Å². The molecular formula is C15H24N2O2. The van der Waals surface area contributed by atoms with Gasteiger partial charge in [0.05, 0.1) is 13.1 Å². The fourth-order valence-electron chi connectivity index (χ4n) is 1.56. The van der Waals surface area contributed by atoms with E-state index in [1.807, 2.05) is 45.0 Å². The zero-order valence-corrected chi connectivity index (χ0v) is 12.3. The van der Waals surface area contributed by atoms with Gasteiger partial charge in [0.15, 0.2) is 0 Å². The van der Waals surface area contributed by atoms with E-state index in [0.717, 1.165) is 5.75 Å². The van der Waals surface area contributed by atoms with E-state index in [1.165, 1.54) is 5.56 Å². The second-order valence-corrected chi connectivity index (χ2v) is 5.02. The Hall–Kier alpha value is -1.55. The van der Waals surface area contributed by atoms with Crippen molar-refractivity contribution >= 4 is 5.91 Å². The number of hydrogen-bond acceptors (Lipinski definition) is 3. The summed E-state index contributed by atoms with van der Waals surface area (Å²) in [5.41, 5.74) is 1.17. The summed E-state index contributed by atoms with van der Waals surface area (Å²) in [6.45, 7) is 7.54. The molecular weight excluding hydrogens is 240 g/mol. The van der Waals surface area contributed by atoms with Crippen LogP contribution in [0.2, 0.25) is 0 Å². The van der Waals surface area contributed by atoms with Crippen molar-refractivity contribution in [3.63, 3.8) is 0 Å². The van der Waals surface area contributed by atoms with Crippen molar-refractivity contribution in [3.8, 4) is 5.75 Å². The van der Waals surface area contributed by atoms with Crippen LogP contribution in [0.1, 0.15) is 19.4 Å². The summed E-state index contributed by atoms with van der Waals surface area (Å²) in [6.07, 6.45) is 0. The molecule has 4 heteroatoms. The van der Waals surface area contributed by atoms with Crippen LogP contribution in [-0.4, -0.2) is 43.6 Å². The average Bonchev–Trinajstić information content (AvgIpc) is 2.35. The van der Waals surface area contributed by atoms with Gasteiger partial charge in [0, 0.05) is 13.1 Å². The molecule has 0 saturated carbocycles. The lowest BCUT2D eigenvalue weighted by Crippen LogP contribution is -2.39. The zero-order valence-electron chi connectivity index (χ0n) is 12.3. The lowest BCUT2D eigenvalue weighted by Gasteiger charge is -2.18. The molecule has 0 spiro atoms. The second-order valence-electron chi connectivity index (χ2n) is 5.02. The van der Waals surface area contributed by atoms with Gasteiger partial charge in [-0.25, -0.2) is 0 Å². The maximum atomic E-state index is 11.8. The van der Waals surface area contributed by atoms with Crippen LogP contribution in [0.4, 0.5) is 0 Å². The molecule has 1 N–H and O–H groups in total. The number of rotatable bonds is 7. The predicted molar refractivity (Wildman–Crippen MR) is 77.4 cm³/mol. The van der Waals surface area contributed by atoms with Gasteiger partial charge in [0.2, 0.25) is 5.91 Å². The van der Waals surface area contributed by atoms with E-state index in [4.69, 9.17) is 4.74 Å². The molecule has 0 unspecified atom stereocenters. The van der Waals surface area contributed by atoms with E-state index >= 15 is 0 Å². The number of amides is 1. The van der Waals surface area contributed by atoms with Crippen LogP contribution in [0.5, 0.6) is 5.75 Å².